The molecule has 0 N–H and O–H groups in total. The summed E-state index contributed by atoms with van der Waals surface area (Å²) in [6, 6.07) is 4.71. The maximum Gasteiger partial charge on any atom is 0.416 e. The lowest BCUT2D eigenvalue weighted by Gasteiger charge is -2.24. The number of carbonyl (C=O) groups excluding carboxylic acids is 2. The summed E-state index contributed by atoms with van der Waals surface area (Å²) in [6.45, 7) is 1.55. The highest BCUT2D eigenvalue weighted by atomic mass is 19.4. The van der Waals surface area contributed by atoms with Crippen LogP contribution in [0.5, 0.6) is 0 Å². The van der Waals surface area contributed by atoms with Gasteiger partial charge in [-0.25, -0.2) is 0 Å². The summed E-state index contributed by atoms with van der Waals surface area (Å²) in [6.07, 6.45) is -0.271. The van der Waals surface area contributed by atoms with Gasteiger partial charge in [0.15, 0.2) is 0 Å². The van der Waals surface area contributed by atoms with Crippen LogP contribution in [0, 0.1) is 5.92 Å². The highest BCUT2D eigenvalue weighted by Gasteiger charge is 2.38. The molecule has 7 heteroatoms. The first-order valence-corrected chi connectivity index (χ1v) is 8.62. The van der Waals surface area contributed by atoms with E-state index >= 15 is 0 Å². The molecule has 0 bridgehead atoms. The Kier molecular flexibility index (Phi) is 5.01. The normalized spacial score (nSPS) is 22.2. The number of anilines is 1. The van der Waals surface area contributed by atoms with Gasteiger partial charge in [0.2, 0.25) is 11.8 Å². The fraction of sp³-hybridized carbons (Fsp3) is 0.556. The van der Waals surface area contributed by atoms with Gasteiger partial charge in [0.25, 0.3) is 0 Å². The van der Waals surface area contributed by atoms with E-state index in [1.165, 1.54) is 17.0 Å². The number of hydrogen-bond donors (Lipinski definition) is 0. The molecule has 0 spiro atoms. The molecule has 0 aliphatic carbocycles. The van der Waals surface area contributed by atoms with Crippen molar-refractivity contribution < 1.29 is 22.8 Å². The average Bonchev–Trinajstić information content (AvgIpc) is 2.79. The number of rotatable bonds is 2. The summed E-state index contributed by atoms with van der Waals surface area (Å²) in [4.78, 5) is 28.1. The SMILES string of the molecule is O=C([C@@H]1CC(=O)N(c2cccc(C(F)(F)F)c2)C1)N1CCCCCC1. The predicted molar refractivity (Wildman–Crippen MR) is 87.0 cm³/mol. The van der Waals surface area contributed by atoms with Gasteiger partial charge in [0, 0.05) is 31.7 Å². The van der Waals surface area contributed by atoms with E-state index in [0.717, 1.165) is 37.8 Å². The Balaban J connectivity index is 1.73. The molecule has 1 aromatic carbocycles. The lowest BCUT2D eigenvalue weighted by Crippen LogP contribution is -2.38. The molecule has 136 valence electrons. The maximum absolute atomic E-state index is 12.9. The molecule has 2 fully saturated rings. The second-order valence-corrected chi connectivity index (χ2v) is 6.69. The smallest absolute Gasteiger partial charge is 0.342 e. The van der Waals surface area contributed by atoms with Crippen LogP contribution >= 0.6 is 0 Å². The molecule has 1 aromatic rings. The van der Waals surface area contributed by atoms with E-state index in [1.54, 1.807) is 4.90 Å². The van der Waals surface area contributed by atoms with E-state index in [0.29, 0.717) is 13.1 Å². The van der Waals surface area contributed by atoms with Crippen molar-refractivity contribution in [2.75, 3.05) is 24.5 Å². The summed E-state index contributed by atoms with van der Waals surface area (Å²) in [5.41, 5.74) is -0.592. The minimum atomic E-state index is -4.46. The van der Waals surface area contributed by atoms with Gasteiger partial charge in [-0.05, 0) is 31.0 Å². The van der Waals surface area contributed by atoms with E-state index in [1.807, 2.05) is 0 Å². The van der Waals surface area contributed by atoms with Crippen LogP contribution in [0.15, 0.2) is 24.3 Å². The van der Waals surface area contributed by atoms with Crippen LogP contribution in [0.3, 0.4) is 0 Å². The zero-order valence-electron chi connectivity index (χ0n) is 13.9. The van der Waals surface area contributed by atoms with Crippen LogP contribution in [0.2, 0.25) is 0 Å². The predicted octanol–water partition coefficient (Wildman–Crippen LogP) is 3.46. The molecule has 0 saturated carbocycles. The molecule has 2 saturated heterocycles. The Morgan fingerprint density at radius 3 is 2.40 bits per heavy atom. The first kappa shape index (κ1) is 17.8. The van der Waals surface area contributed by atoms with Gasteiger partial charge in [-0.15, -0.1) is 0 Å². The van der Waals surface area contributed by atoms with Crippen LogP contribution in [0.1, 0.15) is 37.7 Å². The highest BCUT2D eigenvalue weighted by Crippen LogP contribution is 2.33. The third kappa shape index (κ3) is 3.96. The summed E-state index contributed by atoms with van der Waals surface area (Å²) in [7, 11) is 0. The van der Waals surface area contributed by atoms with Crippen molar-refractivity contribution in [3.05, 3.63) is 29.8 Å². The van der Waals surface area contributed by atoms with Gasteiger partial charge in [0.1, 0.15) is 0 Å². The fourth-order valence-corrected chi connectivity index (χ4v) is 3.52. The Morgan fingerprint density at radius 2 is 1.76 bits per heavy atom. The average molecular weight is 354 g/mol. The molecule has 2 aliphatic rings. The molecule has 0 aromatic heterocycles. The van der Waals surface area contributed by atoms with E-state index in [4.69, 9.17) is 0 Å². The van der Waals surface area contributed by atoms with Gasteiger partial charge in [-0.3, -0.25) is 9.59 Å². The van der Waals surface area contributed by atoms with Crippen LogP contribution in [0.4, 0.5) is 18.9 Å². The zero-order valence-corrected chi connectivity index (χ0v) is 13.9. The van der Waals surface area contributed by atoms with Crippen molar-refractivity contribution in [3.63, 3.8) is 0 Å². The number of halogens is 3. The second-order valence-electron chi connectivity index (χ2n) is 6.69. The number of benzene rings is 1. The number of amides is 2. The van der Waals surface area contributed by atoms with Crippen molar-refractivity contribution in [1.29, 1.82) is 0 Å². The summed E-state index contributed by atoms with van der Waals surface area (Å²) < 4.78 is 38.6. The quantitative estimate of drug-likeness (QED) is 0.816. The topological polar surface area (TPSA) is 40.6 Å². The van der Waals surface area contributed by atoms with Gasteiger partial charge in [-0.2, -0.15) is 13.2 Å². The minimum Gasteiger partial charge on any atom is -0.342 e. The standard InChI is InChI=1S/C18H21F3N2O2/c19-18(20,21)14-6-5-7-15(11-14)23-12-13(10-16(23)24)17(25)22-8-3-1-2-4-9-22/h5-7,11,13H,1-4,8-10,12H2/t13-/m1/s1. The Bertz CT molecular complexity index is 652. The lowest BCUT2D eigenvalue weighted by molar-refractivity contribution is -0.137. The second kappa shape index (κ2) is 7.06. The third-order valence-corrected chi connectivity index (χ3v) is 4.88. The molecule has 0 radical (unpaired) electrons. The van der Waals surface area contributed by atoms with Gasteiger partial charge < -0.3 is 9.80 Å². The maximum atomic E-state index is 12.9. The highest BCUT2D eigenvalue weighted by molar-refractivity contribution is 6.00. The summed E-state index contributed by atoms with van der Waals surface area (Å²) >= 11 is 0. The first-order chi connectivity index (χ1) is 11.9. The largest absolute Gasteiger partial charge is 0.416 e. The van der Waals surface area contributed by atoms with E-state index in [9.17, 15) is 22.8 Å². The minimum absolute atomic E-state index is 0.0512. The lowest BCUT2D eigenvalue weighted by atomic mass is 10.1. The monoisotopic (exact) mass is 354 g/mol. The summed E-state index contributed by atoms with van der Waals surface area (Å²) in [5, 5.41) is 0. The molecule has 2 aliphatic heterocycles. The molecule has 0 unspecified atom stereocenters. The van der Waals surface area contributed by atoms with E-state index in [2.05, 4.69) is 0 Å². The Hall–Kier alpha value is -2.05. The van der Waals surface area contributed by atoms with Crippen molar-refractivity contribution in [2.45, 2.75) is 38.3 Å². The van der Waals surface area contributed by atoms with Crippen molar-refractivity contribution >= 4 is 17.5 Å². The molecular weight excluding hydrogens is 333 g/mol. The number of alkyl halides is 3. The zero-order chi connectivity index (χ0) is 18.0. The summed E-state index contributed by atoms with van der Waals surface area (Å²) in [5.74, 6) is -0.822. The van der Waals surface area contributed by atoms with Gasteiger partial charge >= 0.3 is 6.18 Å². The van der Waals surface area contributed by atoms with E-state index < -0.39 is 17.7 Å². The van der Waals surface area contributed by atoms with Gasteiger partial charge in [-0.1, -0.05) is 18.9 Å². The van der Waals surface area contributed by atoms with Crippen LogP contribution < -0.4 is 4.90 Å². The number of likely N-dealkylation sites (tertiary alicyclic amines) is 1. The molecule has 3 rings (SSSR count). The fourth-order valence-electron chi connectivity index (χ4n) is 3.52. The molecule has 4 nitrogen and oxygen atoms in total. The van der Waals surface area contributed by atoms with Gasteiger partial charge in [0.05, 0.1) is 11.5 Å². The molecule has 2 amide bonds. The van der Waals surface area contributed by atoms with Crippen molar-refractivity contribution in [3.8, 4) is 0 Å². The van der Waals surface area contributed by atoms with Crippen LogP contribution in [-0.4, -0.2) is 36.3 Å². The first-order valence-electron chi connectivity index (χ1n) is 8.62. The number of hydrogen-bond acceptors (Lipinski definition) is 2. The van der Waals surface area contributed by atoms with Crippen LogP contribution in [-0.2, 0) is 15.8 Å². The Labute approximate surface area is 144 Å². The molecule has 1 atom stereocenters. The van der Waals surface area contributed by atoms with Crippen LogP contribution in [0.25, 0.3) is 0 Å². The third-order valence-electron chi connectivity index (χ3n) is 4.88. The molecular formula is C18H21F3N2O2. The Morgan fingerprint density at radius 1 is 1.08 bits per heavy atom. The molecule has 25 heavy (non-hydrogen) atoms. The number of nitrogens with zero attached hydrogens (tertiary/aromatic N) is 2. The van der Waals surface area contributed by atoms with Crippen molar-refractivity contribution in [2.24, 2.45) is 5.92 Å². The van der Waals surface area contributed by atoms with Crippen molar-refractivity contribution in [1.82, 2.24) is 4.90 Å². The molecule has 2 heterocycles. The van der Waals surface area contributed by atoms with E-state index in [-0.39, 0.29) is 30.5 Å². The number of carbonyl (C=O) groups is 2.